The van der Waals surface area contributed by atoms with Gasteiger partial charge in [-0.25, -0.2) is 14.8 Å². The summed E-state index contributed by atoms with van der Waals surface area (Å²) in [7, 11) is 0. The zero-order valence-corrected chi connectivity index (χ0v) is 11.0. The van der Waals surface area contributed by atoms with Crippen LogP contribution in [-0.4, -0.2) is 21.0 Å². The minimum atomic E-state index is -1.11. The van der Waals surface area contributed by atoms with Gasteiger partial charge in [-0.1, -0.05) is 6.07 Å². The molecule has 0 radical (unpaired) electrons. The molecule has 0 spiro atoms. The summed E-state index contributed by atoms with van der Waals surface area (Å²) < 4.78 is 5.64. The molecule has 0 fully saturated rings. The summed E-state index contributed by atoms with van der Waals surface area (Å²) in [5.74, 6) is -0.130. The van der Waals surface area contributed by atoms with Crippen LogP contribution in [-0.2, 0) is 0 Å². The van der Waals surface area contributed by atoms with E-state index < -0.39 is 5.97 Å². The Bertz CT molecular complexity index is 621. The molecule has 0 aliphatic carbocycles. The summed E-state index contributed by atoms with van der Waals surface area (Å²) in [5.41, 5.74) is 3.14. The van der Waals surface area contributed by atoms with Crippen molar-refractivity contribution in [2.45, 2.75) is 20.8 Å². The molecule has 98 valence electrons. The van der Waals surface area contributed by atoms with Gasteiger partial charge in [-0.05, 0) is 43.5 Å². The van der Waals surface area contributed by atoms with Crippen LogP contribution in [0.25, 0.3) is 0 Å². The van der Waals surface area contributed by atoms with Crippen LogP contribution in [0.4, 0.5) is 0 Å². The van der Waals surface area contributed by atoms with Crippen molar-refractivity contribution in [2.75, 3.05) is 0 Å². The SMILES string of the molecule is Cc1cc(C)c(C)c(Oc2cnc(C(=O)O)cn2)c1. The van der Waals surface area contributed by atoms with Crippen LogP contribution >= 0.6 is 0 Å². The Hall–Kier alpha value is -2.43. The molecule has 0 unspecified atom stereocenters. The van der Waals surface area contributed by atoms with Crippen molar-refractivity contribution >= 4 is 5.97 Å². The fourth-order valence-corrected chi connectivity index (χ4v) is 1.70. The third kappa shape index (κ3) is 2.88. The van der Waals surface area contributed by atoms with Crippen molar-refractivity contribution in [1.82, 2.24) is 9.97 Å². The van der Waals surface area contributed by atoms with E-state index >= 15 is 0 Å². The molecule has 2 rings (SSSR count). The molecule has 0 amide bonds. The molecule has 0 aliphatic heterocycles. The van der Waals surface area contributed by atoms with E-state index in [4.69, 9.17) is 9.84 Å². The number of hydrogen-bond acceptors (Lipinski definition) is 4. The number of carbonyl (C=O) groups is 1. The largest absolute Gasteiger partial charge is 0.476 e. The molecular weight excluding hydrogens is 244 g/mol. The highest BCUT2D eigenvalue weighted by atomic mass is 16.5. The Labute approximate surface area is 110 Å². The van der Waals surface area contributed by atoms with Gasteiger partial charge in [0.15, 0.2) is 5.69 Å². The van der Waals surface area contributed by atoms with E-state index in [0.29, 0.717) is 5.75 Å². The zero-order chi connectivity index (χ0) is 14.0. The molecule has 1 aromatic carbocycles. The Morgan fingerprint density at radius 3 is 2.47 bits per heavy atom. The first-order valence-electron chi connectivity index (χ1n) is 5.78. The molecule has 0 saturated heterocycles. The zero-order valence-electron chi connectivity index (χ0n) is 11.0. The van der Waals surface area contributed by atoms with Crippen molar-refractivity contribution in [2.24, 2.45) is 0 Å². The molecule has 2 aromatic rings. The second-order valence-corrected chi connectivity index (χ2v) is 4.35. The number of rotatable bonds is 3. The van der Waals surface area contributed by atoms with E-state index in [0.717, 1.165) is 16.7 Å². The number of carboxylic acids is 1. The average Bonchev–Trinajstić information content (AvgIpc) is 2.36. The first kappa shape index (κ1) is 13.0. The third-order valence-corrected chi connectivity index (χ3v) is 2.83. The van der Waals surface area contributed by atoms with Crippen LogP contribution in [0.1, 0.15) is 27.2 Å². The van der Waals surface area contributed by atoms with E-state index in [2.05, 4.69) is 16.0 Å². The number of ether oxygens (including phenoxy) is 1. The molecule has 5 nitrogen and oxygen atoms in total. The van der Waals surface area contributed by atoms with Gasteiger partial charge in [0.1, 0.15) is 5.75 Å². The van der Waals surface area contributed by atoms with Gasteiger partial charge in [-0.2, -0.15) is 0 Å². The van der Waals surface area contributed by atoms with E-state index in [1.165, 1.54) is 12.4 Å². The summed E-state index contributed by atoms with van der Waals surface area (Å²) in [6, 6.07) is 3.98. The van der Waals surface area contributed by atoms with Crippen molar-refractivity contribution in [3.05, 3.63) is 46.9 Å². The van der Waals surface area contributed by atoms with Crippen LogP contribution in [0.5, 0.6) is 11.6 Å². The predicted molar refractivity (Wildman–Crippen MR) is 69.7 cm³/mol. The lowest BCUT2D eigenvalue weighted by molar-refractivity contribution is 0.0690. The lowest BCUT2D eigenvalue weighted by atomic mass is 10.1. The monoisotopic (exact) mass is 258 g/mol. The summed E-state index contributed by atoms with van der Waals surface area (Å²) in [6.45, 7) is 5.95. The maximum Gasteiger partial charge on any atom is 0.356 e. The van der Waals surface area contributed by atoms with Crippen molar-refractivity contribution in [1.29, 1.82) is 0 Å². The normalized spacial score (nSPS) is 10.3. The highest BCUT2D eigenvalue weighted by Gasteiger charge is 2.08. The van der Waals surface area contributed by atoms with Crippen LogP contribution in [0, 0.1) is 20.8 Å². The van der Waals surface area contributed by atoms with Crippen molar-refractivity contribution < 1.29 is 14.6 Å². The van der Waals surface area contributed by atoms with E-state index in [-0.39, 0.29) is 11.6 Å². The fraction of sp³-hybridized carbons (Fsp3) is 0.214. The Balaban J connectivity index is 2.28. The number of benzene rings is 1. The van der Waals surface area contributed by atoms with Crippen LogP contribution < -0.4 is 4.74 Å². The first-order chi connectivity index (χ1) is 8.97. The number of nitrogens with zero attached hydrogens (tertiary/aromatic N) is 2. The van der Waals surface area contributed by atoms with Gasteiger partial charge in [0.2, 0.25) is 5.88 Å². The van der Waals surface area contributed by atoms with Gasteiger partial charge in [-0.15, -0.1) is 0 Å². The maximum absolute atomic E-state index is 10.7. The molecule has 5 heteroatoms. The molecule has 0 aliphatic rings. The predicted octanol–water partition coefficient (Wildman–Crippen LogP) is 2.89. The smallest absolute Gasteiger partial charge is 0.356 e. The first-order valence-corrected chi connectivity index (χ1v) is 5.78. The van der Waals surface area contributed by atoms with Crippen molar-refractivity contribution in [3.63, 3.8) is 0 Å². The third-order valence-electron chi connectivity index (χ3n) is 2.83. The Morgan fingerprint density at radius 1 is 1.16 bits per heavy atom. The molecule has 0 atom stereocenters. The van der Waals surface area contributed by atoms with Gasteiger partial charge in [0.25, 0.3) is 0 Å². The van der Waals surface area contributed by atoms with Crippen LogP contribution in [0.15, 0.2) is 24.5 Å². The molecule has 0 bridgehead atoms. The quantitative estimate of drug-likeness (QED) is 0.916. The molecule has 1 aromatic heterocycles. The molecular formula is C14H14N2O3. The number of carboxylic acid groups (broad SMARTS) is 1. The number of hydrogen-bond donors (Lipinski definition) is 1. The molecule has 19 heavy (non-hydrogen) atoms. The van der Waals surface area contributed by atoms with Crippen molar-refractivity contribution in [3.8, 4) is 11.6 Å². The van der Waals surface area contributed by atoms with Crippen LogP contribution in [0.2, 0.25) is 0 Å². The average molecular weight is 258 g/mol. The second kappa shape index (κ2) is 5.06. The maximum atomic E-state index is 10.7. The Kier molecular flexibility index (Phi) is 3.46. The van der Waals surface area contributed by atoms with Gasteiger partial charge < -0.3 is 9.84 Å². The minimum absolute atomic E-state index is 0.107. The summed E-state index contributed by atoms with van der Waals surface area (Å²) in [4.78, 5) is 18.4. The summed E-state index contributed by atoms with van der Waals surface area (Å²) in [5, 5.41) is 8.74. The number of aromatic carboxylic acids is 1. The summed E-state index contributed by atoms with van der Waals surface area (Å²) in [6.07, 6.45) is 2.48. The molecule has 0 saturated carbocycles. The van der Waals surface area contributed by atoms with E-state index in [1.807, 2.05) is 26.8 Å². The summed E-state index contributed by atoms with van der Waals surface area (Å²) >= 11 is 0. The van der Waals surface area contributed by atoms with Crippen LogP contribution in [0.3, 0.4) is 0 Å². The van der Waals surface area contributed by atoms with Gasteiger partial charge in [-0.3, -0.25) is 0 Å². The van der Waals surface area contributed by atoms with Gasteiger partial charge in [0, 0.05) is 0 Å². The lowest BCUT2D eigenvalue weighted by Gasteiger charge is -2.11. The second-order valence-electron chi connectivity index (χ2n) is 4.35. The lowest BCUT2D eigenvalue weighted by Crippen LogP contribution is -2.01. The van der Waals surface area contributed by atoms with Gasteiger partial charge in [0.05, 0.1) is 12.4 Å². The fourth-order valence-electron chi connectivity index (χ4n) is 1.70. The highest BCUT2D eigenvalue weighted by Crippen LogP contribution is 2.27. The van der Waals surface area contributed by atoms with E-state index in [1.54, 1.807) is 0 Å². The van der Waals surface area contributed by atoms with E-state index in [9.17, 15) is 4.79 Å². The standard InChI is InChI=1S/C14H14N2O3/c1-8-4-9(2)10(3)12(5-8)19-13-7-15-11(6-16-13)14(17)18/h4-7H,1-3H3,(H,17,18). The molecule has 1 heterocycles. The highest BCUT2D eigenvalue weighted by molar-refractivity contribution is 5.84. The van der Waals surface area contributed by atoms with Gasteiger partial charge >= 0.3 is 5.97 Å². The number of aryl methyl sites for hydroxylation is 2. The molecule has 1 N–H and O–H groups in total. The Morgan fingerprint density at radius 2 is 1.89 bits per heavy atom. The topological polar surface area (TPSA) is 72.3 Å². The number of aromatic nitrogens is 2. The minimum Gasteiger partial charge on any atom is -0.476 e.